The van der Waals surface area contributed by atoms with Crippen molar-refractivity contribution in [3.05, 3.63) is 23.8 Å². The Bertz CT molecular complexity index is 341. The van der Waals surface area contributed by atoms with Gasteiger partial charge in [0.2, 0.25) is 0 Å². The number of nitrogens with two attached hydrogens (primary N) is 1. The van der Waals surface area contributed by atoms with E-state index in [-0.39, 0.29) is 6.79 Å². The number of ether oxygens (including phenoxy) is 3. The molecule has 4 heteroatoms. The lowest BCUT2D eigenvalue weighted by Gasteiger charge is -2.14. The standard InChI is InChI=1S/C13H19NO3/c1-15-12-4-2-3-11(7-14)13(12)17-9-16-8-10-5-6-10/h2-4,10H,5-9,14H2,1H3. The predicted octanol–water partition coefficient (Wildman–Crippen LogP) is 1.92. The largest absolute Gasteiger partial charge is 0.493 e. The van der Waals surface area contributed by atoms with Crippen LogP contribution in [0.15, 0.2) is 18.2 Å². The van der Waals surface area contributed by atoms with Crippen molar-refractivity contribution in [3.63, 3.8) is 0 Å². The van der Waals surface area contributed by atoms with E-state index < -0.39 is 0 Å². The van der Waals surface area contributed by atoms with Gasteiger partial charge in [-0.3, -0.25) is 0 Å². The zero-order valence-corrected chi connectivity index (χ0v) is 10.1. The second-order valence-electron chi connectivity index (χ2n) is 4.23. The Balaban J connectivity index is 1.91. The molecule has 0 spiro atoms. The summed E-state index contributed by atoms with van der Waals surface area (Å²) in [7, 11) is 1.62. The molecule has 1 saturated carbocycles. The monoisotopic (exact) mass is 237 g/mol. The van der Waals surface area contributed by atoms with Gasteiger partial charge in [-0.2, -0.15) is 0 Å². The molecule has 1 aromatic carbocycles. The SMILES string of the molecule is COc1cccc(CN)c1OCOCC1CC1. The number of hydrogen-bond donors (Lipinski definition) is 1. The van der Waals surface area contributed by atoms with Crippen molar-refractivity contribution in [2.45, 2.75) is 19.4 Å². The molecule has 0 atom stereocenters. The molecule has 94 valence electrons. The molecular weight excluding hydrogens is 218 g/mol. The van der Waals surface area contributed by atoms with Crippen LogP contribution in [-0.4, -0.2) is 20.5 Å². The molecule has 1 aliphatic carbocycles. The van der Waals surface area contributed by atoms with Crippen molar-refractivity contribution in [3.8, 4) is 11.5 Å². The molecule has 0 aromatic heterocycles. The fourth-order valence-corrected chi connectivity index (χ4v) is 1.65. The number of benzene rings is 1. The molecule has 0 radical (unpaired) electrons. The number of rotatable bonds is 7. The van der Waals surface area contributed by atoms with E-state index in [1.165, 1.54) is 12.8 Å². The van der Waals surface area contributed by atoms with Gasteiger partial charge in [-0.1, -0.05) is 12.1 Å². The summed E-state index contributed by atoms with van der Waals surface area (Å²) in [6.45, 7) is 1.46. The molecule has 0 amide bonds. The Kier molecular flexibility index (Phi) is 4.23. The van der Waals surface area contributed by atoms with E-state index in [1.807, 2.05) is 18.2 Å². The molecule has 17 heavy (non-hydrogen) atoms. The van der Waals surface area contributed by atoms with Gasteiger partial charge in [0.25, 0.3) is 0 Å². The van der Waals surface area contributed by atoms with E-state index in [4.69, 9.17) is 19.9 Å². The Morgan fingerprint density at radius 2 is 2.18 bits per heavy atom. The quantitative estimate of drug-likeness (QED) is 0.581. The lowest BCUT2D eigenvalue weighted by molar-refractivity contribution is 0.00814. The van der Waals surface area contributed by atoms with Gasteiger partial charge >= 0.3 is 0 Å². The molecule has 0 heterocycles. The molecule has 0 aliphatic heterocycles. The maximum atomic E-state index is 5.66. The van der Waals surface area contributed by atoms with Crippen LogP contribution in [0, 0.1) is 5.92 Å². The topological polar surface area (TPSA) is 53.7 Å². The molecule has 1 fully saturated rings. The summed E-state index contributed by atoms with van der Waals surface area (Å²) in [5.74, 6) is 2.13. The van der Waals surface area contributed by atoms with Crippen LogP contribution in [-0.2, 0) is 11.3 Å². The van der Waals surface area contributed by atoms with Crippen molar-refractivity contribution in [2.75, 3.05) is 20.5 Å². The zero-order chi connectivity index (χ0) is 12.1. The maximum Gasteiger partial charge on any atom is 0.189 e. The van der Waals surface area contributed by atoms with Crippen molar-refractivity contribution < 1.29 is 14.2 Å². The van der Waals surface area contributed by atoms with Crippen LogP contribution in [0.25, 0.3) is 0 Å². The molecule has 1 aliphatic rings. The highest BCUT2D eigenvalue weighted by Gasteiger charge is 2.21. The molecular formula is C13H19NO3. The lowest BCUT2D eigenvalue weighted by atomic mass is 10.2. The number of hydrogen-bond acceptors (Lipinski definition) is 4. The minimum atomic E-state index is 0.254. The van der Waals surface area contributed by atoms with E-state index in [1.54, 1.807) is 7.11 Å². The maximum absolute atomic E-state index is 5.66. The molecule has 1 aromatic rings. The minimum Gasteiger partial charge on any atom is -0.493 e. The first-order valence-electron chi connectivity index (χ1n) is 5.91. The third kappa shape index (κ3) is 3.35. The molecule has 0 bridgehead atoms. The normalized spacial score (nSPS) is 14.7. The highest BCUT2D eigenvalue weighted by atomic mass is 16.7. The number of para-hydroxylation sites is 1. The van der Waals surface area contributed by atoms with Gasteiger partial charge in [-0.25, -0.2) is 0 Å². The summed E-state index contributed by atoms with van der Waals surface area (Å²) in [5, 5.41) is 0. The average molecular weight is 237 g/mol. The van der Waals surface area contributed by atoms with E-state index in [0.29, 0.717) is 18.0 Å². The molecule has 2 N–H and O–H groups in total. The smallest absolute Gasteiger partial charge is 0.189 e. The van der Waals surface area contributed by atoms with Crippen LogP contribution in [0.4, 0.5) is 0 Å². The van der Waals surface area contributed by atoms with Crippen LogP contribution in [0.3, 0.4) is 0 Å². The summed E-state index contributed by atoms with van der Waals surface area (Å²) in [6.07, 6.45) is 2.56. The lowest BCUT2D eigenvalue weighted by Crippen LogP contribution is -2.09. The summed E-state index contributed by atoms with van der Waals surface area (Å²) in [4.78, 5) is 0. The summed E-state index contributed by atoms with van der Waals surface area (Å²) >= 11 is 0. The van der Waals surface area contributed by atoms with Crippen LogP contribution in [0.2, 0.25) is 0 Å². The van der Waals surface area contributed by atoms with Crippen molar-refractivity contribution in [2.24, 2.45) is 11.7 Å². The van der Waals surface area contributed by atoms with Gasteiger partial charge in [0.1, 0.15) is 0 Å². The van der Waals surface area contributed by atoms with Crippen molar-refractivity contribution in [1.29, 1.82) is 0 Å². The highest BCUT2D eigenvalue weighted by molar-refractivity contribution is 5.46. The predicted molar refractivity (Wildman–Crippen MR) is 65.1 cm³/mol. The van der Waals surface area contributed by atoms with Crippen LogP contribution >= 0.6 is 0 Å². The van der Waals surface area contributed by atoms with Crippen LogP contribution in [0.5, 0.6) is 11.5 Å². The Hall–Kier alpha value is -1.26. The molecule has 0 saturated heterocycles. The van der Waals surface area contributed by atoms with E-state index in [9.17, 15) is 0 Å². The van der Waals surface area contributed by atoms with Gasteiger partial charge in [-0.05, 0) is 24.8 Å². The van der Waals surface area contributed by atoms with Gasteiger partial charge in [0.15, 0.2) is 18.3 Å². The van der Waals surface area contributed by atoms with E-state index in [2.05, 4.69) is 0 Å². The van der Waals surface area contributed by atoms with Crippen molar-refractivity contribution in [1.82, 2.24) is 0 Å². The van der Waals surface area contributed by atoms with Gasteiger partial charge in [-0.15, -0.1) is 0 Å². The molecule has 2 rings (SSSR count). The average Bonchev–Trinajstić information content (AvgIpc) is 3.18. The fourth-order valence-electron chi connectivity index (χ4n) is 1.65. The second-order valence-corrected chi connectivity index (χ2v) is 4.23. The first-order chi connectivity index (χ1) is 8.35. The first kappa shape index (κ1) is 12.2. The third-order valence-electron chi connectivity index (χ3n) is 2.84. The Labute approximate surface area is 102 Å². The van der Waals surface area contributed by atoms with Crippen molar-refractivity contribution >= 4 is 0 Å². The molecule has 0 unspecified atom stereocenters. The van der Waals surface area contributed by atoms with Crippen LogP contribution < -0.4 is 15.2 Å². The van der Waals surface area contributed by atoms with Gasteiger partial charge in [0.05, 0.1) is 13.7 Å². The third-order valence-corrected chi connectivity index (χ3v) is 2.84. The zero-order valence-electron chi connectivity index (χ0n) is 10.1. The van der Waals surface area contributed by atoms with Gasteiger partial charge in [0, 0.05) is 12.1 Å². The second kappa shape index (κ2) is 5.89. The van der Waals surface area contributed by atoms with Gasteiger partial charge < -0.3 is 19.9 Å². The highest BCUT2D eigenvalue weighted by Crippen LogP contribution is 2.31. The summed E-state index contributed by atoms with van der Waals surface area (Å²) in [5.41, 5.74) is 6.59. The fraction of sp³-hybridized carbons (Fsp3) is 0.538. The van der Waals surface area contributed by atoms with E-state index in [0.717, 1.165) is 18.1 Å². The van der Waals surface area contributed by atoms with E-state index >= 15 is 0 Å². The Morgan fingerprint density at radius 1 is 1.35 bits per heavy atom. The first-order valence-corrected chi connectivity index (χ1v) is 5.91. The number of methoxy groups -OCH3 is 1. The Morgan fingerprint density at radius 3 is 2.82 bits per heavy atom. The molecule has 4 nitrogen and oxygen atoms in total. The summed E-state index contributed by atoms with van der Waals surface area (Å²) < 4.78 is 16.3. The summed E-state index contributed by atoms with van der Waals surface area (Å²) in [6, 6.07) is 5.69. The van der Waals surface area contributed by atoms with Crippen LogP contribution in [0.1, 0.15) is 18.4 Å². The minimum absolute atomic E-state index is 0.254.